The van der Waals surface area contributed by atoms with Crippen LogP contribution in [0.2, 0.25) is 0 Å². The molecule has 0 saturated heterocycles. The number of aromatic amines is 2. The molecular formula is C15H11N5OS. The highest BCUT2D eigenvalue weighted by Crippen LogP contribution is 2.19. The second kappa shape index (κ2) is 5.12. The second-order valence-electron chi connectivity index (χ2n) is 4.68. The highest BCUT2D eigenvalue weighted by molar-refractivity contribution is 7.71. The molecule has 0 amide bonds. The molecule has 4 rings (SSSR count). The number of nitrogens with one attached hydrogen (secondary N) is 2. The van der Waals surface area contributed by atoms with Gasteiger partial charge in [-0.05, 0) is 30.4 Å². The minimum Gasteiger partial charge on any atom is -0.461 e. The van der Waals surface area contributed by atoms with Crippen molar-refractivity contribution < 1.29 is 4.42 Å². The number of benzene rings is 1. The van der Waals surface area contributed by atoms with Crippen LogP contribution in [0.25, 0.3) is 22.5 Å². The maximum absolute atomic E-state index is 5.35. The molecule has 0 radical (unpaired) electrons. The minimum atomic E-state index is 0.405. The van der Waals surface area contributed by atoms with Crippen LogP contribution in [0, 0.1) is 4.77 Å². The van der Waals surface area contributed by atoms with Gasteiger partial charge in [0.05, 0.1) is 12.5 Å². The first-order valence-electron chi connectivity index (χ1n) is 6.65. The SMILES string of the molecule is S=c1[nH]nc(-c2ccco2)n1N=Cc1c[nH]c2ccccc12. The van der Waals surface area contributed by atoms with E-state index in [1.807, 2.05) is 36.5 Å². The fraction of sp³-hybridized carbons (Fsp3) is 0. The van der Waals surface area contributed by atoms with Gasteiger partial charge in [0.25, 0.3) is 0 Å². The van der Waals surface area contributed by atoms with Gasteiger partial charge in [0.15, 0.2) is 5.76 Å². The summed E-state index contributed by atoms with van der Waals surface area (Å²) in [4.78, 5) is 3.21. The molecule has 6 nitrogen and oxygen atoms in total. The van der Waals surface area contributed by atoms with Crippen LogP contribution in [0.5, 0.6) is 0 Å². The van der Waals surface area contributed by atoms with Crippen LogP contribution >= 0.6 is 12.2 Å². The van der Waals surface area contributed by atoms with E-state index in [4.69, 9.17) is 16.6 Å². The molecule has 1 aromatic carbocycles. The molecule has 0 saturated carbocycles. The van der Waals surface area contributed by atoms with Gasteiger partial charge in [-0.2, -0.15) is 9.78 Å². The van der Waals surface area contributed by atoms with E-state index in [2.05, 4.69) is 20.3 Å². The lowest BCUT2D eigenvalue weighted by molar-refractivity contribution is 0.573. The van der Waals surface area contributed by atoms with Crippen molar-refractivity contribution in [1.82, 2.24) is 19.9 Å². The van der Waals surface area contributed by atoms with Gasteiger partial charge < -0.3 is 9.40 Å². The Hall–Kier alpha value is -2.93. The van der Waals surface area contributed by atoms with Gasteiger partial charge in [-0.25, -0.2) is 5.10 Å². The average Bonchev–Trinajstić information content (AvgIpc) is 3.25. The van der Waals surface area contributed by atoms with E-state index < -0.39 is 0 Å². The Morgan fingerprint density at radius 1 is 1.23 bits per heavy atom. The molecule has 0 fully saturated rings. The van der Waals surface area contributed by atoms with E-state index in [-0.39, 0.29) is 0 Å². The van der Waals surface area contributed by atoms with E-state index in [9.17, 15) is 0 Å². The van der Waals surface area contributed by atoms with Crippen molar-refractivity contribution in [2.45, 2.75) is 0 Å². The molecule has 0 aliphatic rings. The zero-order valence-electron chi connectivity index (χ0n) is 11.4. The summed E-state index contributed by atoms with van der Waals surface area (Å²) in [6.45, 7) is 0. The Labute approximate surface area is 130 Å². The third-order valence-corrected chi connectivity index (χ3v) is 3.59. The fourth-order valence-corrected chi connectivity index (χ4v) is 2.46. The summed E-state index contributed by atoms with van der Waals surface area (Å²) < 4.78 is 7.29. The summed E-state index contributed by atoms with van der Waals surface area (Å²) in [5, 5.41) is 12.4. The summed E-state index contributed by atoms with van der Waals surface area (Å²) >= 11 is 5.22. The molecule has 3 aromatic heterocycles. The highest BCUT2D eigenvalue weighted by atomic mass is 32.1. The number of rotatable bonds is 3. The molecule has 0 atom stereocenters. The van der Waals surface area contributed by atoms with Crippen molar-refractivity contribution in [3.05, 3.63) is 59.2 Å². The topological polar surface area (TPSA) is 74.9 Å². The molecule has 7 heteroatoms. The van der Waals surface area contributed by atoms with Crippen molar-refractivity contribution in [3.8, 4) is 11.6 Å². The average molecular weight is 309 g/mol. The van der Waals surface area contributed by atoms with Crippen LogP contribution in [0.15, 0.2) is 58.4 Å². The molecule has 0 aliphatic heterocycles. The number of aromatic nitrogens is 4. The molecule has 3 heterocycles. The largest absolute Gasteiger partial charge is 0.461 e. The summed E-state index contributed by atoms with van der Waals surface area (Å²) in [6.07, 6.45) is 5.24. The van der Waals surface area contributed by atoms with Crippen molar-refractivity contribution >= 4 is 29.3 Å². The third-order valence-electron chi connectivity index (χ3n) is 3.33. The van der Waals surface area contributed by atoms with E-state index in [1.165, 1.54) is 4.68 Å². The zero-order valence-corrected chi connectivity index (χ0v) is 12.2. The monoisotopic (exact) mass is 309 g/mol. The van der Waals surface area contributed by atoms with Gasteiger partial charge in [-0.15, -0.1) is 5.10 Å². The minimum absolute atomic E-state index is 0.405. The van der Waals surface area contributed by atoms with Crippen molar-refractivity contribution in [2.24, 2.45) is 5.10 Å². The quantitative estimate of drug-likeness (QED) is 0.449. The number of fused-ring (bicyclic) bond motifs is 1. The first-order valence-corrected chi connectivity index (χ1v) is 7.05. The van der Waals surface area contributed by atoms with E-state index in [0.29, 0.717) is 16.4 Å². The van der Waals surface area contributed by atoms with Crippen molar-refractivity contribution in [2.75, 3.05) is 0 Å². The summed E-state index contributed by atoms with van der Waals surface area (Å²) in [6, 6.07) is 11.6. The standard InChI is InChI=1S/C15H11N5OS/c22-15-19-18-14(13-6-3-7-21-13)20(15)17-9-10-8-16-12-5-2-1-4-11(10)12/h1-9,16H,(H,19,22). The molecular weight excluding hydrogens is 298 g/mol. The van der Waals surface area contributed by atoms with Crippen LogP contribution in [-0.4, -0.2) is 26.1 Å². The van der Waals surface area contributed by atoms with Gasteiger partial charge in [0, 0.05) is 22.7 Å². The van der Waals surface area contributed by atoms with Crippen LogP contribution < -0.4 is 0 Å². The number of nitrogens with zero attached hydrogens (tertiary/aromatic N) is 3. The van der Waals surface area contributed by atoms with Gasteiger partial charge in [-0.3, -0.25) is 0 Å². The molecule has 0 bridgehead atoms. The fourth-order valence-electron chi connectivity index (χ4n) is 2.28. The lowest BCUT2D eigenvalue weighted by Gasteiger charge is -1.96. The van der Waals surface area contributed by atoms with Gasteiger partial charge in [0.1, 0.15) is 0 Å². The molecule has 22 heavy (non-hydrogen) atoms. The maximum Gasteiger partial charge on any atom is 0.219 e. The van der Waals surface area contributed by atoms with E-state index >= 15 is 0 Å². The lowest BCUT2D eigenvalue weighted by Crippen LogP contribution is -1.93. The molecule has 0 spiro atoms. The Bertz CT molecular complexity index is 1010. The molecule has 0 unspecified atom stereocenters. The summed E-state index contributed by atoms with van der Waals surface area (Å²) in [5.41, 5.74) is 2.04. The summed E-state index contributed by atoms with van der Waals surface area (Å²) in [5.74, 6) is 1.13. The van der Waals surface area contributed by atoms with Gasteiger partial charge in [0.2, 0.25) is 10.6 Å². The summed E-state index contributed by atoms with van der Waals surface area (Å²) in [7, 11) is 0. The predicted molar refractivity (Wildman–Crippen MR) is 86.4 cm³/mol. The van der Waals surface area contributed by atoms with E-state index in [1.54, 1.807) is 18.5 Å². The van der Waals surface area contributed by atoms with Gasteiger partial charge >= 0.3 is 0 Å². The van der Waals surface area contributed by atoms with Crippen molar-refractivity contribution in [1.29, 1.82) is 0 Å². The van der Waals surface area contributed by atoms with E-state index in [0.717, 1.165) is 16.5 Å². The Balaban J connectivity index is 1.78. The number of hydrogen-bond acceptors (Lipinski definition) is 4. The Kier molecular flexibility index (Phi) is 2.97. The number of furan rings is 1. The zero-order chi connectivity index (χ0) is 14.9. The smallest absolute Gasteiger partial charge is 0.219 e. The number of H-pyrrole nitrogens is 2. The second-order valence-corrected chi connectivity index (χ2v) is 5.06. The first-order chi connectivity index (χ1) is 10.8. The van der Waals surface area contributed by atoms with Crippen LogP contribution in [-0.2, 0) is 0 Å². The number of para-hydroxylation sites is 1. The van der Waals surface area contributed by atoms with Crippen LogP contribution in [0.1, 0.15) is 5.56 Å². The maximum atomic E-state index is 5.35. The highest BCUT2D eigenvalue weighted by Gasteiger charge is 2.10. The Morgan fingerprint density at radius 3 is 3.00 bits per heavy atom. The predicted octanol–water partition coefficient (Wildman–Crippen LogP) is 3.56. The van der Waals surface area contributed by atoms with Gasteiger partial charge in [-0.1, -0.05) is 18.2 Å². The Morgan fingerprint density at radius 2 is 2.14 bits per heavy atom. The number of hydrogen-bond donors (Lipinski definition) is 2. The van der Waals surface area contributed by atoms with Crippen LogP contribution in [0.4, 0.5) is 0 Å². The molecule has 0 aliphatic carbocycles. The van der Waals surface area contributed by atoms with Crippen LogP contribution in [0.3, 0.4) is 0 Å². The van der Waals surface area contributed by atoms with Crippen molar-refractivity contribution in [3.63, 3.8) is 0 Å². The first kappa shape index (κ1) is 12.8. The molecule has 108 valence electrons. The normalized spacial score (nSPS) is 11.6. The molecule has 2 N–H and O–H groups in total. The lowest BCUT2D eigenvalue weighted by atomic mass is 10.2. The molecule has 4 aromatic rings. The third kappa shape index (κ3) is 2.08.